The first-order chi connectivity index (χ1) is 8.75. The van der Waals surface area contributed by atoms with Gasteiger partial charge in [0, 0.05) is 6.07 Å². The minimum atomic E-state index is 0.284. The van der Waals surface area contributed by atoms with E-state index in [1.54, 1.807) is 7.11 Å². The van der Waals surface area contributed by atoms with Crippen LogP contribution in [0.2, 0.25) is 0 Å². The van der Waals surface area contributed by atoms with Crippen molar-refractivity contribution < 1.29 is 4.74 Å². The van der Waals surface area contributed by atoms with Gasteiger partial charge in [-0.25, -0.2) is 0 Å². The van der Waals surface area contributed by atoms with E-state index in [9.17, 15) is 0 Å². The molecule has 3 unspecified atom stereocenters. The molecule has 3 atom stereocenters. The van der Waals surface area contributed by atoms with Crippen molar-refractivity contribution in [3.05, 3.63) is 17.8 Å². The first-order valence-corrected chi connectivity index (χ1v) is 6.82. The van der Waals surface area contributed by atoms with Gasteiger partial charge in [0.15, 0.2) is 0 Å². The van der Waals surface area contributed by atoms with Gasteiger partial charge in [0.1, 0.15) is 0 Å². The predicted molar refractivity (Wildman–Crippen MR) is 69.2 cm³/mol. The highest BCUT2D eigenvalue weighted by atomic mass is 16.5. The number of rotatable bonds is 4. The van der Waals surface area contributed by atoms with Gasteiger partial charge >= 0.3 is 0 Å². The third-order valence-corrected chi connectivity index (χ3v) is 4.95. The van der Waals surface area contributed by atoms with E-state index < -0.39 is 0 Å². The van der Waals surface area contributed by atoms with Gasteiger partial charge in [-0.15, -0.1) is 5.10 Å². The van der Waals surface area contributed by atoms with Crippen LogP contribution in [0.25, 0.3) is 0 Å². The third-order valence-electron chi connectivity index (χ3n) is 4.95. The minimum absolute atomic E-state index is 0.284. The van der Waals surface area contributed by atoms with Crippen molar-refractivity contribution in [1.82, 2.24) is 10.2 Å². The van der Waals surface area contributed by atoms with Crippen molar-refractivity contribution in [2.75, 3.05) is 13.7 Å². The molecule has 2 aliphatic rings. The molecule has 0 radical (unpaired) electrons. The van der Waals surface area contributed by atoms with Gasteiger partial charge in [0.25, 0.3) is 0 Å². The highest BCUT2D eigenvalue weighted by Gasteiger charge is 2.50. The number of hydrogen-bond acceptors (Lipinski definition) is 4. The van der Waals surface area contributed by atoms with Crippen LogP contribution in [0, 0.1) is 17.3 Å². The number of nitrogens with two attached hydrogens (primary N) is 1. The Morgan fingerprint density at radius 1 is 1.39 bits per heavy atom. The molecular weight excluding hydrogens is 226 g/mol. The van der Waals surface area contributed by atoms with Crippen molar-refractivity contribution in [1.29, 1.82) is 0 Å². The Labute approximate surface area is 108 Å². The van der Waals surface area contributed by atoms with Gasteiger partial charge in [-0.05, 0) is 55.5 Å². The zero-order valence-electron chi connectivity index (χ0n) is 10.9. The summed E-state index contributed by atoms with van der Waals surface area (Å²) in [6.45, 7) is 0.780. The maximum atomic E-state index is 6.09. The molecule has 2 aliphatic carbocycles. The number of aromatic nitrogens is 2. The lowest BCUT2D eigenvalue weighted by Gasteiger charge is -2.36. The van der Waals surface area contributed by atoms with Gasteiger partial charge in [-0.1, -0.05) is 6.42 Å². The quantitative estimate of drug-likeness (QED) is 0.881. The number of methoxy groups -OCH3 is 1. The molecule has 1 heterocycles. The average molecular weight is 247 g/mol. The van der Waals surface area contributed by atoms with Crippen LogP contribution in [0.4, 0.5) is 0 Å². The molecule has 2 bridgehead atoms. The van der Waals surface area contributed by atoms with E-state index in [2.05, 4.69) is 10.2 Å². The van der Waals surface area contributed by atoms with Gasteiger partial charge in [0.2, 0.25) is 5.88 Å². The average Bonchev–Trinajstić information content (AvgIpc) is 3.00. The van der Waals surface area contributed by atoms with E-state index in [4.69, 9.17) is 10.5 Å². The number of nitrogens with zero attached hydrogens (tertiary/aromatic N) is 2. The topological polar surface area (TPSA) is 61.0 Å². The smallest absolute Gasteiger partial charge is 0.233 e. The second kappa shape index (κ2) is 4.50. The van der Waals surface area contributed by atoms with Crippen LogP contribution < -0.4 is 10.5 Å². The monoisotopic (exact) mass is 247 g/mol. The van der Waals surface area contributed by atoms with E-state index >= 15 is 0 Å². The normalized spacial score (nSPS) is 33.9. The molecule has 2 saturated carbocycles. The molecule has 18 heavy (non-hydrogen) atoms. The maximum absolute atomic E-state index is 6.09. The van der Waals surface area contributed by atoms with E-state index in [0.717, 1.165) is 30.5 Å². The molecule has 0 amide bonds. The molecule has 0 aliphatic heterocycles. The molecule has 0 aromatic carbocycles. The Morgan fingerprint density at radius 3 is 2.78 bits per heavy atom. The predicted octanol–water partition coefficient (Wildman–Crippen LogP) is 1.79. The Bertz CT molecular complexity index is 420. The molecule has 98 valence electrons. The molecule has 1 aromatic rings. The molecule has 1 aromatic heterocycles. The summed E-state index contributed by atoms with van der Waals surface area (Å²) in [5.41, 5.74) is 7.42. The fourth-order valence-corrected chi connectivity index (χ4v) is 4.01. The minimum Gasteiger partial charge on any atom is -0.480 e. The SMILES string of the molecule is COc1ccc(CC2(CN)CC3CCC2C3)nn1. The lowest BCUT2D eigenvalue weighted by Crippen LogP contribution is -2.38. The van der Waals surface area contributed by atoms with E-state index in [1.165, 1.54) is 25.7 Å². The van der Waals surface area contributed by atoms with Crippen molar-refractivity contribution >= 4 is 0 Å². The first-order valence-electron chi connectivity index (χ1n) is 6.82. The summed E-state index contributed by atoms with van der Waals surface area (Å²) in [6.07, 6.45) is 6.39. The molecular formula is C14H21N3O. The molecule has 2 fully saturated rings. The van der Waals surface area contributed by atoms with Gasteiger partial charge in [-0.3, -0.25) is 0 Å². The van der Waals surface area contributed by atoms with Crippen molar-refractivity contribution in [3.63, 3.8) is 0 Å². The maximum Gasteiger partial charge on any atom is 0.233 e. The Morgan fingerprint density at radius 2 is 2.28 bits per heavy atom. The number of ether oxygens (including phenoxy) is 1. The summed E-state index contributed by atoms with van der Waals surface area (Å²) < 4.78 is 5.04. The summed E-state index contributed by atoms with van der Waals surface area (Å²) in [5, 5.41) is 8.31. The summed E-state index contributed by atoms with van der Waals surface area (Å²) in [6, 6.07) is 3.91. The number of hydrogen-bond donors (Lipinski definition) is 1. The molecule has 3 rings (SSSR count). The molecule has 0 saturated heterocycles. The van der Waals surface area contributed by atoms with Gasteiger partial charge < -0.3 is 10.5 Å². The van der Waals surface area contributed by atoms with E-state index in [-0.39, 0.29) is 5.41 Å². The standard InChI is InChI=1S/C14H21N3O/c1-18-13-5-4-12(16-17-13)8-14(9-15)7-10-2-3-11(14)6-10/h4-5,10-11H,2-3,6-9,15H2,1H3. The summed E-state index contributed by atoms with van der Waals surface area (Å²) in [5.74, 6) is 2.29. The Kier molecular flexibility index (Phi) is 2.98. The Balaban J connectivity index is 1.77. The van der Waals surface area contributed by atoms with E-state index in [1.807, 2.05) is 12.1 Å². The molecule has 4 heteroatoms. The van der Waals surface area contributed by atoms with Crippen LogP contribution in [0.5, 0.6) is 5.88 Å². The van der Waals surface area contributed by atoms with Crippen LogP contribution in [-0.4, -0.2) is 23.9 Å². The van der Waals surface area contributed by atoms with Crippen LogP contribution in [-0.2, 0) is 6.42 Å². The fraction of sp³-hybridized carbons (Fsp3) is 0.714. The van der Waals surface area contributed by atoms with Crippen molar-refractivity contribution in [3.8, 4) is 5.88 Å². The lowest BCUT2D eigenvalue weighted by atomic mass is 9.70. The highest BCUT2D eigenvalue weighted by molar-refractivity contribution is 5.15. The zero-order chi connectivity index (χ0) is 12.6. The van der Waals surface area contributed by atoms with Crippen LogP contribution >= 0.6 is 0 Å². The van der Waals surface area contributed by atoms with Crippen molar-refractivity contribution in [2.24, 2.45) is 23.0 Å². The largest absolute Gasteiger partial charge is 0.480 e. The van der Waals surface area contributed by atoms with E-state index in [0.29, 0.717) is 5.88 Å². The second-order valence-electron chi connectivity index (χ2n) is 5.89. The zero-order valence-corrected chi connectivity index (χ0v) is 10.9. The third kappa shape index (κ3) is 1.88. The van der Waals surface area contributed by atoms with Crippen LogP contribution in [0.1, 0.15) is 31.4 Å². The summed E-state index contributed by atoms with van der Waals surface area (Å²) in [4.78, 5) is 0. The summed E-state index contributed by atoms with van der Waals surface area (Å²) in [7, 11) is 1.61. The fourth-order valence-electron chi connectivity index (χ4n) is 4.01. The summed E-state index contributed by atoms with van der Waals surface area (Å²) >= 11 is 0. The van der Waals surface area contributed by atoms with Gasteiger partial charge in [-0.2, -0.15) is 5.10 Å². The molecule has 2 N–H and O–H groups in total. The Hall–Kier alpha value is -1.16. The molecule has 0 spiro atoms. The highest BCUT2D eigenvalue weighted by Crippen LogP contribution is 2.56. The second-order valence-corrected chi connectivity index (χ2v) is 5.89. The molecule has 4 nitrogen and oxygen atoms in total. The van der Waals surface area contributed by atoms with Crippen LogP contribution in [0.3, 0.4) is 0 Å². The lowest BCUT2D eigenvalue weighted by molar-refractivity contribution is 0.169. The van der Waals surface area contributed by atoms with Crippen LogP contribution in [0.15, 0.2) is 12.1 Å². The van der Waals surface area contributed by atoms with Crippen molar-refractivity contribution in [2.45, 2.75) is 32.1 Å². The van der Waals surface area contributed by atoms with Gasteiger partial charge in [0.05, 0.1) is 12.8 Å². The first kappa shape index (κ1) is 11.9. The number of fused-ring (bicyclic) bond motifs is 2.